The normalized spacial score (nSPS) is 14.3. The third kappa shape index (κ3) is 6.17. The van der Waals surface area contributed by atoms with Gasteiger partial charge in [0.2, 0.25) is 15.9 Å². The topological polar surface area (TPSA) is 85.8 Å². The molecule has 1 aromatic heterocycles. The van der Waals surface area contributed by atoms with Gasteiger partial charge in [-0.2, -0.15) is 0 Å². The molecule has 0 atom stereocenters. The summed E-state index contributed by atoms with van der Waals surface area (Å²) in [6, 6.07) is 18.5. The van der Waals surface area contributed by atoms with E-state index in [0.717, 1.165) is 37.4 Å². The molecule has 184 valence electrons. The molecule has 1 saturated heterocycles. The SMILES string of the molecule is Cc1ccc(S(=O)(=O)N(C)CCC(=O)Nc2ccc(N3CCN(c4ccncc4)CC3)cc2)cc1. The van der Waals surface area contributed by atoms with E-state index in [2.05, 4.69) is 20.1 Å². The number of hydrogen-bond acceptors (Lipinski definition) is 6. The molecule has 1 N–H and O–H groups in total. The standard InChI is InChI=1S/C26H31N5O3S/c1-21-3-9-25(10-4-21)35(33,34)29(2)16-13-26(32)28-22-5-7-23(8-6-22)30-17-19-31(20-18-30)24-11-14-27-15-12-24/h3-12,14-15H,13,16-20H2,1-2H3,(H,28,32). The smallest absolute Gasteiger partial charge is 0.242 e. The van der Waals surface area contributed by atoms with Crippen molar-refractivity contribution in [1.82, 2.24) is 9.29 Å². The zero-order valence-corrected chi connectivity index (χ0v) is 20.9. The minimum absolute atomic E-state index is 0.0698. The van der Waals surface area contributed by atoms with Crippen LogP contribution in [0.2, 0.25) is 0 Å². The Kier molecular flexibility index (Phi) is 7.67. The van der Waals surface area contributed by atoms with Crippen molar-refractivity contribution >= 4 is 33.0 Å². The quantitative estimate of drug-likeness (QED) is 0.518. The van der Waals surface area contributed by atoms with E-state index in [0.29, 0.717) is 5.69 Å². The number of hydrogen-bond donors (Lipinski definition) is 1. The molecule has 1 amide bonds. The number of anilines is 3. The second-order valence-corrected chi connectivity index (χ2v) is 10.7. The van der Waals surface area contributed by atoms with Crippen LogP contribution in [0.15, 0.2) is 78.0 Å². The van der Waals surface area contributed by atoms with E-state index in [9.17, 15) is 13.2 Å². The highest BCUT2D eigenvalue weighted by molar-refractivity contribution is 7.89. The summed E-state index contributed by atoms with van der Waals surface area (Å²) in [5, 5.41) is 2.86. The molecule has 2 aromatic carbocycles. The molecule has 0 radical (unpaired) electrons. The first kappa shape index (κ1) is 24.7. The summed E-state index contributed by atoms with van der Waals surface area (Å²) < 4.78 is 26.6. The molecule has 3 aromatic rings. The van der Waals surface area contributed by atoms with Gasteiger partial charge in [0.1, 0.15) is 0 Å². The zero-order valence-electron chi connectivity index (χ0n) is 20.1. The zero-order chi connectivity index (χ0) is 24.8. The van der Waals surface area contributed by atoms with Crippen LogP contribution in [0.3, 0.4) is 0 Å². The van der Waals surface area contributed by atoms with Crippen LogP contribution in [0.1, 0.15) is 12.0 Å². The van der Waals surface area contributed by atoms with Crippen LogP contribution in [0.5, 0.6) is 0 Å². The summed E-state index contributed by atoms with van der Waals surface area (Å²) >= 11 is 0. The van der Waals surface area contributed by atoms with Gasteiger partial charge in [0, 0.05) is 75.6 Å². The Morgan fingerprint density at radius 3 is 2.00 bits per heavy atom. The maximum atomic E-state index is 12.7. The number of piperazine rings is 1. The van der Waals surface area contributed by atoms with Crippen LogP contribution < -0.4 is 15.1 Å². The van der Waals surface area contributed by atoms with E-state index in [1.807, 2.05) is 55.7 Å². The first-order valence-electron chi connectivity index (χ1n) is 11.7. The first-order valence-corrected chi connectivity index (χ1v) is 13.1. The summed E-state index contributed by atoms with van der Waals surface area (Å²) in [5.41, 5.74) is 3.98. The van der Waals surface area contributed by atoms with Crippen LogP contribution in [-0.2, 0) is 14.8 Å². The molecule has 0 spiro atoms. The number of aromatic nitrogens is 1. The molecule has 0 aliphatic carbocycles. The second kappa shape index (κ2) is 10.9. The van der Waals surface area contributed by atoms with E-state index < -0.39 is 10.0 Å². The van der Waals surface area contributed by atoms with Gasteiger partial charge < -0.3 is 15.1 Å². The van der Waals surface area contributed by atoms with Crippen LogP contribution in [0, 0.1) is 6.92 Å². The van der Waals surface area contributed by atoms with Crippen molar-refractivity contribution in [1.29, 1.82) is 0 Å². The Bertz CT molecular complexity index is 1220. The van der Waals surface area contributed by atoms with E-state index in [1.165, 1.54) is 17.0 Å². The maximum Gasteiger partial charge on any atom is 0.242 e. The van der Waals surface area contributed by atoms with Gasteiger partial charge in [-0.05, 0) is 55.5 Å². The van der Waals surface area contributed by atoms with Gasteiger partial charge in [-0.1, -0.05) is 17.7 Å². The Labute approximate surface area is 207 Å². The monoisotopic (exact) mass is 493 g/mol. The summed E-state index contributed by atoms with van der Waals surface area (Å²) in [4.78, 5) is 21.4. The van der Waals surface area contributed by atoms with Crippen molar-refractivity contribution in [2.24, 2.45) is 0 Å². The van der Waals surface area contributed by atoms with E-state index in [-0.39, 0.29) is 23.8 Å². The van der Waals surface area contributed by atoms with Crippen LogP contribution >= 0.6 is 0 Å². The lowest BCUT2D eigenvalue weighted by Gasteiger charge is -2.37. The Balaban J connectivity index is 1.25. The van der Waals surface area contributed by atoms with Crippen molar-refractivity contribution in [2.45, 2.75) is 18.2 Å². The van der Waals surface area contributed by atoms with Gasteiger partial charge in [-0.15, -0.1) is 0 Å². The van der Waals surface area contributed by atoms with Crippen molar-refractivity contribution in [3.8, 4) is 0 Å². The van der Waals surface area contributed by atoms with E-state index >= 15 is 0 Å². The predicted molar refractivity (Wildman–Crippen MR) is 139 cm³/mol. The molecule has 8 nitrogen and oxygen atoms in total. The number of nitrogens with one attached hydrogen (secondary N) is 1. The van der Waals surface area contributed by atoms with Gasteiger partial charge in [-0.3, -0.25) is 9.78 Å². The number of amides is 1. The highest BCUT2D eigenvalue weighted by atomic mass is 32.2. The summed E-state index contributed by atoms with van der Waals surface area (Å²) in [6.45, 7) is 5.69. The fourth-order valence-corrected chi connectivity index (χ4v) is 5.20. The lowest BCUT2D eigenvalue weighted by Crippen LogP contribution is -2.46. The molecule has 0 unspecified atom stereocenters. The molecule has 0 bridgehead atoms. The fraction of sp³-hybridized carbons (Fsp3) is 0.308. The summed E-state index contributed by atoms with van der Waals surface area (Å²) in [6.07, 6.45) is 3.70. The lowest BCUT2D eigenvalue weighted by molar-refractivity contribution is -0.116. The number of pyridine rings is 1. The van der Waals surface area contributed by atoms with Crippen LogP contribution in [-0.4, -0.2) is 63.4 Å². The van der Waals surface area contributed by atoms with Gasteiger partial charge in [-0.25, -0.2) is 12.7 Å². The Hall–Kier alpha value is -3.43. The van der Waals surface area contributed by atoms with Crippen LogP contribution in [0.4, 0.5) is 17.1 Å². The number of benzene rings is 2. The van der Waals surface area contributed by atoms with Gasteiger partial charge in [0.25, 0.3) is 0 Å². The molecule has 9 heteroatoms. The lowest BCUT2D eigenvalue weighted by atomic mass is 10.2. The number of carbonyl (C=O) groups is 1. The molecule has 35 heavy (non-hydrogen) atoms. The van der Waals surface area contributed by atoms with E-state index in [1.54, 1.807) is 24.3 Å². The molecule has 2 heterocycles. The summed E-state index contributed by atoms with van der Waals surface area (Å²) in [5.74, 6) is -0.227. The first-order chi connectivity index (χ1) is 16.8. The predicted octanol–water partition coefficient (Wildman–Crippen LogP) is 3.37. The maximum absolute atomic E-state index is 12.7. The minimum atomic E-state index is -3.62. The number of rotatable bonds is 8. The fourth-order valence-electron chi connectivity index (χ4n) is 4.03. The average Bonchev–Trinajstić information content (AvgIpc) is 2.88. The number of sulfonamides is 1. The highest BCUT2D eigenvalue weighted by Gasteiger charge is 2.21. The molecule has 1 fully saturated rings. The number of aryl methyl sites for hydroxylation is 1. The molecular weight excluding hydrogens is 462 g/mol. The largest absolute Gasteiger partial charge is 0.368 e. The minimum Gasteiger partial charge on any atom is -0.368 e. The summed E-state index contributed by atoms with van der Waals surface area (Å²) in [7, 11) is -2.13. The number of carbonyl (C=O) groups excluding carboxylic acids is 1. The van der Waals surface area contributed by atoms with Gasteiger partial charge in [0.05, 0.1) is 4.90 Å². The van der Waals surface area contributed by atoms with Crippen molar-refractivity contribution < 1.29 is 13.2 Å². The van der Waals surface area contributed by atoms with Crippen molar-refractivity contribution in [2.75, 3.05) is 54.9 Å². The molecule has 0 saturated carbocycles. The Morgan fingerprint density at radius 2 is 1.43 bits per heavy atom. The number of nitrogens with zero attached hydrogens (tertiary/aromatic N) is 4. The molecule has 1 aliphatic rings. The highest BCUT2D eigenvalue weighted by Crippen LogP contribution is 2.22. The van der Waals surface area contributed by atoms with E-state index in [4.69, 9.17) is 0 Å². The molecule has 1 aliphatic heterocycles. The van der Waals surface area contributed by atoms with Crippen molar-refractivity contribution in [3.05, 3.63) is 78.6 Å². The Morgan fingerprint density at radius 1 is 0.886 bits per heavy atom. The third-order valence-electron chi connectivity index (χ3n) is 6.21. The second-order valence-electron chi connectivity index (χ2n) is 8.66. The molecular formula is C26H31N5O3S. The van der Waals surface area contributed by atoms with Gasteiger partial charge in [0.15, 0.2) is 0 Å². The third-order valence-corrected chi connectivity index (χ3v) is 8.08. The van der Waals surface area contributed by atoms with Crippen LogP contribution in [0.25, 0.3) is 0 Å². The molecule has 4 rings (SSSR count). The van der Waals surface area contributed by atoms with Crippen molar-refractivity contribution in [3.63, 3.8) is 0 Å². The average molecular weight is 494 g/mol. The van der Waals surface area contributed by atoms with Gasteiger partial charge >= 0.3 is 0 Å².